The smallest absolute Gasteiger partial charge is 0.338 e. The molecule has 0 amide bonds. The fourth-order valence-corrected chi connectivity index (χ4v) is 6.91. The normalized spacial score (nSPS) is 12.6. The molecule has 0 saturated heterocycles. The SMILES string of the molecule is CCCCC(CC)COC(=O)c1ccc(Cc2nc(Cc3ccc(C(=O)OCC(CC)CCCC)cc3)nc(Nc3ccc(C(=O)OCC(CC)CCCC)cc3)n2)cc1. The van der Waals surface area contributed by atoms with Gasteiger partial charge >= 0.3 is 17.9 Å². The molecule has 0 radical (unpaired) electrons. The molecular formula is C50H68N4O6. The lowest BCUT2D eigenvalue weighted by molar-refractivity contribution is 0.0419. The van der Waals surface area contributed by atoms with Crippen LogP contribution in [-0.2, 0) is 27.1 Å². The lowest BCUT2D eigenvalue weighted by atomic mass is 10.0. The second kappa shape index (κ2) is 26.2. The van der Waals surface area contributed by atoms with Crippen molar-refractivity contribution < 1.29 is 28.6 Å². The van der Waals surface area contributed by atoms with E-state index in [1.807, 2.05) is 36.4 Å². The fourth-order valence-electron chi connectivity index (χ4n) is 6.91. The van der Waals surface area contributed by atoms with Crippen LogP contribution in [0.4, 0.5) is 11.6 Å². The fraction of sp³-hybridized carbons (Fsp3) is 0.520. The molecule has 0 aliphatic rings. The summed E-state index contributed by atoms with van der Waals surface area (Å²) in [7, 11) is 0. The quantitative estimate of drug-likeness (QED) is 0.0458. The van der Waals surface area contributed by atoms with Gasteiger partial charge in [-0.3, -0.25) is 0 Å². The largest absolute Gasteiger partial charge is 0.462 e. The Balaban J connectivity index is 1.49. The molecular weight excluding hydrogens is 753 g/mol. The van der Waals surface area contributed by atoms with Gasteiger partial charge in [0, 0.05) is 18.5 Å². The van der Waals surface area contributed by atoms with Crippen LogP contribution in [0.3, 0.4) is 0 Å². The standard InChI is InChI=1S/C50H68N4O6/c1-7-13-16-36(10-4)33-58-47(55)41-23-19-39(20-24-41)31-45-52-46(32-40-21-25-42(26-22-40)48(56)59-34-37(11-5)17-14-8-2)54-50(53-45)51-44-29-27-43(28-30-44)49(57)60-35-38(12-6)18-15-9-3/h19-30,36-38H,7-18,31-35H2,1-6H3,(H,51,52,53,54). The first kappa shape index (κ1) is 47.6. The molecule has 10 heteroatoms. The van der Waals surface area contributed by atoms with Crippen molar-refractivity contribution in [1.82, 2.24) is 15.0 Å². The van der Waals surface area contributed by atoms with Crippen LogP contribution in [0, 0.1) is 17.8 Å². The van der Waals surface area contributed by atoms with Crippen LogP contribution in [0.2, 0.25) is 0 Å². The van der Waals surface area contributed by atoms with Crippen LogP contribution in [0.15, 0.2) is 72.8 Å². The van der Waals surface area contributed by atoms with E-state index in [9.17, 15) is 14.4 Å². The van der Waals surface area contributed by atoms with E-state index in [4.69, 9.17) is 29.2 Å². The Hall–Kier alpha value is -5.12. The Morgan fingerprint density at radius 2 is 0.817 bits per heavy atom. The zero-order valence-electron chi connectivity index (χ0n) is 37.0. The average Bonchev–Trinajstić information content (AvgIpc) is 3.27. The molecule has 0 spiro atoms. The monoisotopic (exact) mass is 821 g/mol. The van der Waals surface area contributed by atoms with Crippen LogP contribution in [-0.4, -0.2) is 52.7 Å². The van der Waals surface area contributed by atoms with Crippen molar-refractivity contribution in [3.8, 4) is 0 Å². The number of hydrogen-bond donors (Lipinski definition) is 1. The first-order valence-corrected chi connectivity index (χ1v) is 22.5. The predicted octanol–water partition coefficient (Wildman–Crippen LogP) is 11.9. The minimum atomic E-state index is -0.339. The maximum atomic E-state index is 12.9. The van der Waals surface area contributed by atoms with Gasteiger partial charge in [0.25, 0.3) is 0 Å². The summed E-state index contributed by atoms with van der Waals surface area (Å²) in [4.78, 5) is 52.9. The third kappa shape index (κ3) is 16.1. The number of carbonyl (C=O) groups is 3. The highest BCUT2D eigenvalue weighted by molar-refractivity contribution is 5.90. The van der Waals surface area contributed by atoms with Crippen molar-refractivity contribution >= 4 is 29.5 Å². The lowest BCUT2D eigenvalue weighted by Gasteiger charge is -2.15. The van der Waals surface area contributed by atoms with E-state index in [1.165, 1.54) is 0 Å². The van der Waals surface area contributed by atoms with Crippen LogP contribution in [0.25, 0.3) is 0 Å². The number of aromatic nitrogens is 3. The highest BCUT2D eigenvalue weighted by Gasteiger charge is 2.17. The third-order valence-electron chi connectivity index (χ3n) is 11.2. The summed E-state index contributed by atoms with van der Waals surface area (Å²) in [6.45, 7) is 14.2. The summed E-state index contributed by atoms with van der Waals surface area (Å²) in [6.07, 6.45) is 13.7. The minimum absolute atomic E-state index is 0.321. The summed E-state index contributed by atoms with van der Waals surface area (Å²) in [5.41, 5.74) is 4.04. The minimum Gasteiger partial charge on any atom is -0.462 e. The molecule has 10 nitrogen and oxygen atoms in total. The van der Waals surface area contributed by atoms with Gasteiger partial charge in [-0.25, -0.2) is 19.4 Å². The first-order chi connectivity index (χ1) is 29.2. The highest BCUT2D eigenvalue weighted by Crippen LogP contribution is 2.21. The molecule has 3 atom stereocenters. The van der Waals surface area contributed by atoms with E-state index in [0.717, 1.165) is 88.2 Å². The van der Waals surface area contributed by atoms with Crippen LogP contribution in [0.1, 0.15) is 172 Å². The maximum absolute atomic E-state index is 12.9. The Labute approximate surface area is 358 Å². The number of benzene rings is 3. The van der Waals surface area contributed by atoms with Gasteiger partial charge in [0.15, 0.2) is 0 Å². The van der Waals surface area contributed by atoms with E-state index < -0.39 is 0 Å². The number of carbonyl (C=O) groups excluding carboxylic acids is 3. The van der Waals surface area contributed by atoms with Gasteiger partial charge in [-0.2, -0.15) is 9.97 Å². The average molecular weight is 821 g/mol. The summed E-state index contributed by atoms with van der Waals surface area (Å²) in [5.74, 6) is 1.57. The van der Waals surface area contributed by atoms with Gasteiger partial charge in [0.05, 0.1) is 36.5 Å². The van der Waals surface area contributed by atoms with Gasteiger partial charge in [0.1, 0.15) is 11.6 Å². The zero-order chi connectivity index (χ0) is 43.1. The summed E-state index contributed by atoms with van der Waals surface area (Å²) in [6, 6.07) is 21.8. The van der Waals surface area contributed by atoms with Crippen molar-refractivity contribution in [2.45, 2.75) is 131 Å². The van der Waals surface area contributed by atoms with Crippen molar-refractivity contribution in [1.29, 1.82) is 0 Å². The molecule has 324 valence electrons. The molecule has 0 aliphatic heterocycles. The first-order valence-electron chi connectivity index (χ1n) is 22.5. The van der Waals surface area contributed by atoms with Crippen LogP contribution >= 0.6 is 0 Å². The van der Waals surface area contributed by atoms with Gasteiger partial charge < -0.3 is 19.5 Å². The van der Waals surface area contributed by atoms with E-state index in [1.54, 1.807) is 36.4 Å². The Morgan fingerprint density at radius 3 is 1.13 bits per heavy atom. The molecule has 3 unspecified atom stereocenters. The number of unbranched alkanes of at least 4 members (excludes halogenated alkanes) is 3. The van der Waals surface area contributed by atoms with Crippen LogP contribution < -0.4 is 5.32 Å². The lowest BCUT2D eigenvalue weighted by Crippen LogP contribution is -2.14. The molecule has 4 rings (SSSR count). The third-order valence-corrected chi connectivity index (χ3v) is 11.2. The van der Waals surface area contributed by atoms with E-state index in [2.05, 4.69) is 46.9 Å². The number of rotatable bonds is 27. The predicted molar refractivity (Wildman–Crippen MR) is 239 cm³/mol. The van der Waals surface area contributed by atoms with Crippen LogP contribution in [0.5, 0.6) is 0 Å². The molecule has 0 fully saturated rings. The molecule has 4 aromatic rings. The summed E-state index contributed by atoms with van der Waals surface area (Å²) in [5, 5.41) is 3.30. The van der Waals surface area contributed by atoms with Gasteiger partial charge in [-0.05, 0) is 96.7 Å². The van der Waals surface area contributed by atoms with Crippen molar-refractivity contribution in [2.24, 2.45) is 17.8 Å². The molecule has 1 heterocycles. The van der Waals surface area contributed by atoms with E-state index in [-0.39, 0.29) is 17.9 Å². The Morgan fingerprint density at radius 1 is 0.483 bits per heavy atom. The van der Waals surface area contributed by atoms with Gasteiger partial charge in [-0.15, -0.1) is 0 Å². The number of hydrogen-bond acceptors (Lipinski definition) is 10. The van der Waals surface area contributed by atoms with E-state index >= 15 is 0 Å². The topological polar surface area (TPSA) is 130 Å². The van der Waals surface area contributed by atoms with Gasteiger partial charge in [0.2, 0.25) is 5.95 Å². The van der Waals surface area contributed by atoms with Crippen molar-refractivity contribution in [2.75, 3.05) is 25.1 Å². The number of nitrogens with one attached hydrogen (secondary N) is 1. The second-order valence-corrected chi connectivity index (χ2v) is 16.0. The molecule has 0 aliphatic carbocycles. The summed E-state index contributed by atoms with van der Waals surface area (Å²) < 4.78 is 17.0. The molecule has 0 saturated carbocycles. The molecule has 1 aromatic heterocycles. The second-order valence-electron chi connectivity index (χ2n) is 16.0. The molecule has 1 N–H and O–H groups in total. The van der Waals surface area contributed by atoms with Gasteiger partial charge in [-0.1, -0.05) is 124 Å². The Kier molecular flexibility index (Phi) is 20.7. The zero-order valence-corrected chi connectivity index (χ0v) is 37.0. The van der Waals surface area contributed by atoms with Crippen molar-refractivity contribution in [3.63, 3.8) is 0 Å². The van der Waals surface area contributed by atoms with Crippen molar-refractivity contribution in [3.05, 3.63) is 112 Å². The molecule has 0 bridgehead atoms. The molecule has 3 aromatic carbocycles. The highest BCUT2D eigenvalue weighted by atomic mass is 16.5. The number of nitrogens with zero attached hydrogens (tertiary/aromatic N) is 3. The van der Waals surface area contributed by atoms with E-state index in [0.29, 0.717) is 90.4 Å². The number of ether oxygens (including phenoxy) is 3. The maximum Gasteiger partial charge on any atom is 0.338 e. The number of anilines is 2. The number of esters is 3. The molecule has 60 heavy (non-hydrogen) atoms. The Bertz CT molecular complexity index is 1650. The summed E-state index contributed by atoms with van der Waals surface area (Å²) >= 11 is 0.